The predicted octanol–water partition coefficient (Wildman–Crippen LogP) is 3.19. The molecule has 21 heavy (non-hydrogen) atoms. The third kappa shape index (κ3) is 3.58. The summed E-state index contributed by atoms with van der Waals surface area (Å²) in [7, 11) is 2.32. The lowest BCUT2D eigenvalue weighted by atomic mass is 9.82. The van der Waals surface area contributed by atoms with Gasteiger partial charge in [0.15, 0.2) is 0 Å². The van der Waals surface area contributed by atoms with Crippen LogP contribution in [0.4, 0.5) is 0 Å². The van der Waals surface area contributed by atoms with E-state index in [1.165, 1.54) is 37.7 Å². The van der Waals surface area contributed by atoms with Crippen molar-refractivity contribution in [3.05, 3.63) is 29.8 Å². The molecule has 2 unspecified atom stereocenters. The molecule has 0 spiro atoms. The van der Waals surface area contributed by atoms with Crippen molar-refractivity contribution < 1.29 is 4.74 Å². The summed E-state index contributed by atoms with van der Waals surface area (Å²) in [6, 6.07) is 10.8. The number of hydrogen-bond acceptors (Lipinski definition) is 3. The largest absolute Gasteiger partial charge is 0.494 e. The molecule has 116 valence electrons. The van der Waals surface area contributed by atoms with Crippen molar-refractivity contribution in [1.29, 1.82) is 0 Å². The van der Waals surface area contributed by atoms with E-state index in [1.807, 2.05) is 6.92 Å². The van der Waals surface area contributed by atoms with Crippen molar-refractivity contribution in [3.8, 4) is 5.75 Å². The molecule has 1 aromatic rings. The van der Waals surface area contributed by atoms with Crippen molar-refractivity contribution >= 4 is 0 Å². The van der Waals surface area contributed by atoms with Crippen LogP contribution in [-0.2, 0) is 6.54 Å². The normalized spacial score (nSPS) is 29.3. The third-order valence-electron chi connectivity index (χ3n) is 5.17. The van der Waals surface area contributed by atoms with E-state index in [2.05, 4.69) is 41.5 Å². The minimum absolute atomic E-state index is 0.683. The standard InChI is InChI=1S/C18H28N2O/c1-3-21-18-9-7-14(8-10-18)13-19-15-11-16-5-4-6-17(12-15)20(16)2/h7-10,15-17,19H,3-6,11-13H2,1-2H3. The van der Waals surface area contributed by atoms with Crippen LogP contribution in [0.5, 0.6) is 5.75 Å². The molecule has 3 heteroatoms. The average Bonchev–Trinajstić information content (AvgIpc) is 2.47. The summed E-state index contributed by atoms with van der Waals surface area (Å²) in [5.74, 6) is 0.968. The molecular weight excluding hydrogens is 260 g/mol. The topological polar surface area (TPSA) is 24.5 Å². The van der Waals surface area contributed by atoms with Crippen molar-refractivity contribution in [2.24, 2.45) is 0 Å². The molecule has 1 N–H and O–H groups in total. The zero-order chi connectivity index (χ0) is 14.7. The van der Waals surface area contributed by atoms with Gasteiger partial charge in [0.1, 0.15) is 5.75 Å². The highest BCUT2D eigenvalue weighted by molar-refractivity contribution is 5.27. The van der Waals surface area contributed by atoms with Gasteiger partial charge in [-0.25, -0.2) is 0 Å². The second-order valence-electron chi connectivity index (χ2n) is 6.53. The molecule has 0 saturated carbocycles. The lowest BCUT2D eigenvalue weighted by Crippen LogP contribution is -2.54. The van der Waals surface area contributed by atoms with E-state index in [4.69, 9.17) is 4.74 Å². The number of rotatable bonds is 5. The number of nitrogens with zero attached hydrogens (tertiary/aromatic N) is 1. The molecule has 2 atom stereocenters. The highest BCUT2D eigenvalue weighted by Crippen LogP contribution is 2.32. The molecule has 2 bridgehead atoms. The van der Waals surface area contributed by atoms with Gasteiger partial charge in [0.25, 0.3) is 0 Å². The van der Waals surface area contributed by atoms with Crippen LogP contribution in [0, 0.1) is 0 Å². The Hall–Kier alpha value is -1.06. The maximum Gasteiger partial charge on any atom is 0.119 e. The Morgan fingerprint density at radius 1 is 1.14 bits per heavy atom. The lowest BCUT2D eigenvalue weighted by molar-refractivity contribution is 0.0482. The van der Waals surface area contributed by atoms with Crippen molar-refractivity contribution in [2.75, 3.05) is 13.7 Å². The number of piperidine rings is 2. The van der Waals surface area contributed by atoms with Crippen molar-refractivity contribution in [2.45, 2.75) is 63.7 Å². The Labute approximate surface area is 128 Å². The quantitative estimate of drug-likeness (QED) is 0.900. The van der Waals surface area contributed by atoms with Crippen LogP contribution < -0.4 is 10.1 Å². The molecule has 2 saturated heterocycles. The van der Waals surface area contributed by atoms with Gasteiger partial charge >= 0.3 is 0 Å². The van der Waals surface area contributed by atoms with Crippen LogP contribution in [0.2, 0.25) is 0 Å². The van der Waals surface area contributed by atoms with Gasteiger partial charge in [0, 0.05) is 24.7 Å². The molecule has 0 aromatic heterocycles. The Bertz CT molecular complexity index is 431. The lowest BCUT2D eigenvalue weighted by Gasteiger charge is -2.47. The summed E-state index contributed by atoms with van der Waals surface area (Å²) in [6.07, 6.45) is 6.81. The minimum Gasteiger partial charge on any atom is -0.494 e. The van der Waals surface area contributed by atoms with Crippen molar-refractivity contribution in [1.82, 2.24) is 10.2 Å². The number of benzene rings is 1. The second-order valence-corrected chi connectivity index (χ2v) is 6.53. The summed E-state index contributed by atoms with van der Waals surface area (Å²) >= 11 is 0. The average molecular weight is 288 g/mol. The molecule has 2 heterocycles. The van der Waals surface area contributed by atoms with Crippen LogP contribution in [0.15, 0.2) is 24.3 Å². The SMILES string of the molecule is CCOc1ccc(CNC2CC3CCCC(C2)N3C)cc1. The minimum atomic E-state index is 0.683. The predicted molar refractivity (Wildman–Crippen MR) is 86.7 cm³/mol. The first-order valence-corrected chi connectivity index (χ1v) is 8.43. The zero-order valence-corrected chi connectivity index (χ0v) is 13.3. The summed E-state index contributed by atoms with van der Waals surface area (Å²) in [5.41, 5.74) is 1.35. The molecule has 0 amide bonds. The maximum atomic E-state index is 5.49. The van der Waals surface area contributed by atoms with Gasteiger partial charge in [0.2, 0.25) is 0 Å². The molecule has 2 fully saturated rings. The van der Waals surface area contributed by atoms with E-state index >= 15 is 0 Å². The fourth-order valence-electron chi connectivity index (χ4n) is 3.91. The van der Waals surface area contributed by atoms with E-state index in [0.29, 0.717) is 6.04 Å². The van der Waals surface area contributed by atoms with Crippen LogP contribution >= 0.6 is 0 Å². The van der Waals surface area contributed by atoms with E-state index in [-0.39, 0.29) is 0 Å². The van der Waals surface area contributed by atoms with Gasteiger partial charge in [-0.3, -0.25) is 0 Å². The van der Waals surface area contributed by atoms with E-state index in [1.54, 1.807) is 0 Å². The van der Waals surface area contributed by atoms with Gasteiger partial charge in [-0.1, -0.05) is 18.6 Å². The van der Waals surface area contributed by atoms with Crippen LogP contribution in [0.3, 0.4) is 0 Å². The van der Waals surface area contributed by atoms with Gasteiger partial charge in [0.05, 0.1) is 6.61 Å². The molecule has 2 aliphatic rings. The smallest absolute Gasteiger partial charge is 0.119 e. The Morgan fingerprint density at radius 3 is 2.43 bits per heavy atom. The van der Waals surface area contributed by atoms with Crippen LogP contribution in [0.1, 0.15) is 44.6 Å². The van der Waals surface area contributed by atoms with Gasteiger partial charge in [-0.2, -0.15) is 0 Å². The first kappa shape index (κ1) is 14.9. The van der Waals surface area contributed by atoms with Crippen molar-refractivity contribution in [3.63, 3.8) is 0 Å². The number of fused-ring (bicyclic) bond motifs is 2. The zero-order valence-electron chi connectivity index (χ0n) is 13.3. The first-order chi connectivity index (χ1) is 10.3. The summed E-state index contributed by atoms with van der Waals surface area (Å²) < 4.78 is 5.49. The molecule has 2 aliphatic heterocycles. The summed E-state index contributed by atoms with van der Waals surface area (Å²) in [6.45, 7) is 3.72. The van der Waals surface area contributed by atoms with Gasteiger partial charge < -0.3 is 15.0 Å². The van der Waals surface area contributed by atoms with Gasteiger partial charge in [-0.05, 0) is 57.4 Å². The van der Waals surface area contributed by atoms with Crippen LogP contribution in [-0.4, -0.2) is 36.7 Å². The third-order valence-corrected chi connectivity index (χ3v) is 5.17. The van der Waals surface area contributed by atoms with E-state index in [0.717, 1.165) is 31.0 Å². The van der Waals surface area contributed by atoms with Crippen LogP contribution in [0.25, 0.3) is 0 Å². The maximum absolute atomic E-state index is 5.49. The van der Waals surface area contributed by atoms with Gasteiger partial charge in [-0.15, -0.1) is 0 Å². The molecule has 1 aromatic carbocycles. The monoisotopic (exact) mass is 288 g/mol. The van der Waals surface area contributed by atoms with E-state index < -0.39 is 0 Å². The molecular formula is C18H28N2O. The second kappa shape index (κ2) is 6.80. The van der Waals surface area contributed by atoms with E-state index in [9.17, 15) is 0 Å². The fourth-order valence-corrected chi connectivity index (χ4v) is 3.91. The molecule has 0 radical (unpaired) electrons. The Balaban J connectivity index is 1.51. The molecule has 3 rings (SSSR count). The number of ether oxygens (including phenoxy) is 1. The molecule has 3 nitrogen and oxygen atoms in total. The number of hydrogen-bond donors (Lipinski definition) is 1. The number of nitrogens with one attached hydrogen (secondary N) is 1. The highest BCUT2D eigenvalue weighted by Gasteiger charge is 2.35. The summed E-state index contributed by atoms with van der Waals surface area (Å²) in [4.78, 5) is 2.62. The highest BCUT2D eigenvalue weighted by atomic mass is 16.5. The Morgan fingerprint density at radius 2 is 1.81 bits per heavy atom. The summed E-state index contributed by atoms with van der Waals surface area (Å²) in [5, 5.41) is 3.77. The molecule has 0 aliphatic carbocycles. The Kier molecular flexibility index (Phi) is 4.81. The fraction of sp³-hybridized carbons (Fsp3) is 0.667. The first-order valence-electron chi connectivity index (χ1n) is 8.43.